The van der Waals surface area contributed by atoms with Crippen LogP contribution in [0.5, 0.6) is 0 Å². The van der Waals surface area contributed by atoms with Crippen LogP contribution in [0.25, 0.3) is 0 Å². The second-order valence-corrected chi connectivity index (χ2v) is 7.90. The first-order valence-corrected chi connectivity index (χ1v) is 9.39. The Labute approximate surface area is 133 Å². The summed E-state index contributed by atoms with van der Waals surface area (Å²) in [4.78, 5) is 18.2. The zero-order valence-electron chi connectivity index (χ0n) is 11.8. The van der Waals surface area contributed by atoms with Crippen molar-refractivity contribution >= 4 is 31.9 Å². The zero-order chi connectivity index (χ0) is 15.5. The van der Waals surface area contributed by atoms with Crippen molar-refractivity contribution in [2.75, 3.05) is 25.9 Å². The molecule has 1 aliphatic heterocycles. The number of nitrogens with one attached hydrogen (secondary N) is 1. The maximum absolute atomic E-state index is 12.4. The Morgan fingerprint density at radius 2 is 2.29 bits per heavy atom. The van der Waals surface area contributed by atoms with Gasteiger partial charge < -0.3 is 4.90 Å². The lowest BCUT2D eigenvalue weighted by molar-refractivity contribution is 0.0676. The SMILES string of the molecule is CS(=O)(=O)NCC1CCCN(C(=O)c2ccc(Br)nc2)C1. The Morgan fingerprint density at radius 1 is 1.52 bits per heavy atom. The van der Waals surface area contributed by atoms with Crippen LogP contribution in [0.15, 0.2) is 22.9 Å². The van der Waals surface area contributed by atoms with Gasteiger partial charge in [-0.1, -0.05) is 0 Å². The summed E-state index contributed by atoms with van der Waals surface area (Å²) in [6.07, 6.45) is 4.49. The van der Waals surface area contributed by atoms with E-state index in [1.54, 1.807) is 23.2 Å². The number of sulfonamides is 1. The van der Waals surface area contributed by atoms with Crippen LogP contribution in [0, 0.1) is 5.92 Å². The van der Waals surface area contributed by atoms with Crippen LogP contribution in [0.4, 0.5) is 0 Å². The summed E-state index contributed by atoms with van der Waals surface area (Å²) in [6.45, 7) is 1.64. The fourth-order valence-corrected chi connectivity index (χ4v) is 3.14. The molecule has 21 heavy (non-hydrogen) atoms. The molecule has 0 spiro atoms. The molecule has 116 valence electrons. The van der Waals surface area contributed by atoms with Crippen molar-refractivity contribution in [1.29, 1.82) is 0 Å². The molecule has 2 rings (SSSR count). The van der Waals surface area contributed by atoms with E-state index in [2.05, 4.69) is 25.6 Å². The molecule has 8 heteroatoms. The molecule has 1 atom stereocenters. The molecule has 2 heterocycles. The minimum atomic E-state index is -3.19. The third-order valence-electron chi connectivity index (χ3n) is 3.41. The quantitative estimate of drug-likeness (QED) is 0.803. The fraction of sp³-hybridized carbons (Fsp3) is 0.538. The number of halogens is 1. The molecular weight excluding hydrogens is 358 g/mol. The molecule has 1 aromatic heterocycles. The number of hydrogen-bond acceptors (Lipinski definition) is 4. The van der Waals surface area contributed by atoms with Crippen LogP contribution in [-0.4, -0.2) is 50.1 Å². The molecule has 0 aromatic carbocycles. The van der Waals surface area contributed by atoms with Crippen molar-refractivity contribution in [2.24, 2.45) is 5.92 Å². The van der Waals surface area contributed by atoms with Crippen molar-refractivity contribution in [3.63, 3.8) is 0 Å². The van der Waals surface area contributed by atoms with Crippen LogP contribution in [-0.2, 0) is 10.0 Å². The predicted octanol–water partition coefficient (Wildman–Crippen LogP) is 1.25. The monoisotopic (exact) mass is 375 g/mol. The van der Waals surface area contributed by atoms with Crippen molar-refractivity contribution in [3.05, 3.63) is 28.5 Å². The number of likely N-dealkylation sites (tertiary alicyclic amines) is 1. The van der Waals surface area contributed by atoms with Crippen LogP contribution in [0.2, 0.25) is 0 Å². The van der Waals surface area contributed by atoms with Gasteiger partial charge in [0.15, 0.2) is 0 Å². The van der Waals surface area contributed by atoms with Gasteiger partial charge in [0.05, 0.1) is 11.8 Å². The van der Waals surface area contributed by atoms with Gasteiger partial charge in [0, 0.05) is 25.8 Å². The Kier molecular flexibility index (Phi) is 5.34. The third-order valence-corrected chi connectivity index (χ3v) is 4.57. The van der Waals surface area contributed by atoms with Crippen molar-refractivity contribution in [3.8, 4) is 0 Å². The minimum Gasteiger partial charge on any atom is -0.338 e. The fourth-order valence-electron chi connectivity index (χ4n) is 2.37. The van der Waals surface area contributed by atoms with Crippen molar-refractivity contribution in [1.82, 2.24) is 14.6 Å². The average molecular weight is 376 g/mol. The first-order valence-electron chi connectivity index (χ1n) is 6.70. The summed E-state index contributed by atoms with van der Waals surface area (Å²) in [6, 6.07) is 3.47. The van der Waals surface area contributed by atoms with Gasteiger partial charge in [0.1, 0.15) is 4.60 Å². The summed E-state index contributed by atoms with van der Waals surface area (Å²) in [5.74, 6) is 0.0971. The standard InChI is InChI=1S/C13H18BrN3O3S/c1-21(19,20)16-7-10-3-2-6-17(9-10)13(18)11-4-5-12(14)15-8-11/h4-5,8,10,16H,2-3,6-7,9H2,1H3. The second kappa shape index (κ2) is 6.85. The number of aromatic nitrogens is 1. The summed E-state index contributed by atoms with van der Waals surface area (Å²) < 4.78 is 25.5. The van der Waals surface area contributed by atoms with Gasteiger partial charge in [-0.2, -0.15) is 0 Å². The number of carbonyl (C=O) groups is 1. The molecule has 1 N–H and O–H groups in total. The molecule has 0 bridgehead atoms. The Bertz CT molecular complexity index is 604. The average Bonchev–Trinajstić information content (AvgIpc) is 2.45. The highest BCUT2D eigenvalue weighted by Gasteiger charge is 2.25. The molecule has 6 nitrogen and oxygen atoms in total. The summed E-state index contributed by atoms with van der Waals surface area (Å²) in [5, 5.41) is 0. The van der Waals surface area contributed by atoms with E-state index < -0.39 is 10.0 Å². The number of nitrogens with zero attached hydrogens (tertiary/aromatic N) is 2. The van der Waals surface area contributed by atoms with Crippen molar-refractivity contribution in [2.45, 2.75) is 12.8 Å². The smallest absolute Gasteiger partial charge is 0.255 e. The predicted molar refractivity (Wildman–Crippen MR) is 83.4 cm³/mol. The lowest BCUT2D eigenvalue weighted by Gasteiger charge is -2.32. The number of rotatable bonds is 4. The maximum Gasteiger partial charge on any atom is 0.255 e. The molecule has 1 amide bonds. The largest absolute Gasteiger partial charge is 0.338 e. The van der Waals surface area contributed by atoms with E-state index in [4.69, 9.17) is 0 Å². The Morgan fingerprint density at radius 3 is 2.90 bits per heavy atom. The van der Waals surface area contributed by atoms with Crippen LogP contribution in [0.3, 0.4) is 0 Å². The van der Waals surface area contributed by atoms with Gasteiger partial charge in [-0.05, 0) is 46.8 Å². The van der Waals surface area contributed by atoms with E-state index in [-0.39, 0.29) is 11.8 Å². The van der Waals surface area contributed by atoms with Crippen LogP contribution in [0.1, 0.15) is 23.2 Å². The van der Waals surface area contributed by atoms with Crippen LogP contribution >= 0.6 is 15.9 Å². The summed E-state index contributed by atoms with van der Waals surface area (Å²) in [7, 11) is -3.19. The molecule has 1 aromatic rings. The molecule has 1 aliphatic rings. The molecule has 1 unspecified atom stereocenters. The van der Waals surface area contributed by atoms with E-state index in [9.17, 15) is 13.2 Å². The summed E-state index contributed by atoms with van der Waals surface area (Å²) >= 11 is 3.24. The first-order chi connectivity index (χ1) is 9.85. The van der Waals surface area contributed by atoms with Gasteiger partial charge in [0.25, 0.3) is 5.91 Å². The second-order valence-electron chi connectivity index (χ2n) is 5.25. The molecule has 0 saturated carbocycles. The van der Waals surface area contributed by atoms with Crippen LogP contribution < -0.4 is 4.72 Å². The Balaban J connectivity index is 1.97. The van der Waals surface area contributed by atoms with Gasteiger partial charge >= 0.3 is 0 Å². The minimum absolute atomic E-state index is 0.0564. The lowest BCUT2D eigenvalue weighted by atomic mass is 9.98. The van der Waals surface area contributed by atoms with Gasteiger partial charge in [-0.25, -0.2) is 18.1 Å². The van der Waals surface area contributed by atoms with E-state index in [0.29, 0.717) is 29.8 Å². The number of amides is 1. The highest BCUT2D eigenvalue weighted by atomic mass is 79.9. The number of carbonyl (C=O) groups excluding carboxylic acids is 1. The lowest BCUT2D eigenvalue weighted by Crippen LogP contribution is -2.43. The number of pyridine rings is 1. The van der Waals surface area contributed by atoms with E-state index in [0.717, 1.165) is 19.1 Å². The number of hydrogen-bond donors (Lipinski definition) is 1. The highest BCUT2D eigenvalue weighted by molar-refractivity contribution is 9.10. The van der Waals surface area contributed by atoms with Gasteiger partial charge in [0.2, 0.25) is 10.0 Å². The van der Waals surface area contributed by atoms with E-state index in [1.165, 1.54) is 0 Å². The van der Waals surface area contributed by atoms with Gasteiger partial charge in [-0.3, -0.25) is 4.79 Å². The maximum atomic E-state index is 12.4. The summed E-state index contributed by atoms with van der Waals surface area (Å²) in [5.41, 5.74) is 0.551. The number of piperidine rings is 1. The topological polar surface area (TPSA) is 79.4 Å². The zero-order valence-corrected chi connectivity index (χ0v) is 14.2. The van der Waals surface area contributed by atoms with E-state index in [1.807, 2.05) is 0 Å². The molecule has 1 saturated heterocycles. The molecule has 0 radical (unpaired) electrons. The highest BCUT2D eigenvalue weighted by Crippen LogP contribution is 2.18. The molecule has 1 fully saturated rings. The molecular formula is C13H18BrN3O3S. The normalized spacial score (nSPS) is 19.5. The van der Waals surface area contributed by atoms with Gasteiger partial charge in [-0.15, -0.1) is 0 Å². The first kappa shape index (κ1) is 16.4. The molecule has 0 aliphatic carbocycles. The third kappa shape index (κ3) is 5.05. The Hall–Kier alpha value is -0.990. The van der Waals surface area contributed by atoms with Crippen molar-refractivity contribution < 1.29 is 13.2 Å². The van der Waals surface area contributed by atoms with E-state index >= 15 is 0 Å².